The van der Waals surface area contributed by atoms with Crippen LogP contribution in [0.25, 0.3) is 115 Å². The lowest BCUT2D eigenvalue weighted by molar-refractivity contribution is 0.572. The van der Waals surface area contributed by atoms with Gasteiger partial charge in [-0.3, -0.25) is 0 Å². The fraction of sp³-hybridized carbons (Fsp3) is 0.222. The van der Waals surface area contributed by atoms with E-state index in [4.69, 9.17) is 0 Å². The number of fused-ring (bicyclic) bond motifs is 17. The van der Waals surface area contributed by atoms with Crippen molar-refractivity contribution in [1.82, 2.24) is 13.7 Å². The molecule has 13 aromatic rings. The molecule has 0 spiro atoms. The first-order chi connectivity index (χ1) is 36.3. The first kappa shape index (κ1) is 45.6. The molecule has 2 aliphatic heterocycles. The van der Waals surface area contributed by atoms with Gasteiger partial charge in [0.2, 0.25) is 0 Å². The number of hydrogen-bond acceptors (Lipinski definition) is 0. The van der Waals surface area contributed by atoms with E-state index in [9.17, 15) is 0 Å². The van der Waals surface area contributed by atoms with E-state index in [1.54, 1.807) is 0 Å². The Morgan fingerprint density at radius 2 is 0.789 bits per heavy atom. The van der Waals surface area contributed by atoms with Crippen molar-refractivity contribution in [3.63, 3.8) is 0 Å². The van der Waals surface area contributed by atoms with Gasteiger partial charge in [-0.25, -0.2) is 0 Å². The minimum Gasteiger partial charge on any atom is -0.310 e. The summed E-state index contributed by atoms with van der Waals surface area (Å²) in [5.74, 6) is 0. The minimum atomic E-state index is -0.128. The quantitative estimate of drug-likeness (QED) is 0.153. The molecule has 3 nitrogen and oxygen atoms in total. The molecule has 2 aliphatic rings. The van der Waals surface area contributed by atoms with Gasteiger partial charge in [0.05, 0.1) is 33.1 Å². The van der Waals surface area contributed by atoms with Crippen LogP contribution >= 0.6 is 0 Å². The maximum atomic E-state index is 2.74. The second-order valence-electron chi connectivity index (χ2n) is 26.6. The average Bonchev–Trinajstić information content (AvgIpc) is 3.56. The van der Waals surface area contributed by atoms with Crippen molar-refractivity contribution in [2.24, 2.45) is 0 Å². The highest BCUT2D eigenvalue weighted by Gasteiger charge is 2.44. The third-order valence-electron chi connectivity index (χ3n) is 17.7. The van der Waals surface area contributed by atoms with Crippen molar-refractivity contribution in [3.8, 4) is 28.2 Å². The van der Waals surface area contributed by atoms with Crippen LogP contribution in [0, 0.1) is 0 Å². The Bertz CT molecular complexity index is 4500. The standard InChI is InChI=1S/C72H64BN3/c1-69(2,3)45-37-52(71(7,8)9)64-58(39-45)75-60-35-44(41-30-31-51-50-28-20-21-29-56(50)74(57(51)34-41)47-24-14-13-15-25-47)36-61-66(60)73(54-32-42-22-16-18-26-48(42)62(64)67(54)75)55-33-43-23-17-19-27-49(43)63-65-53(72(10,11)12)38-46(70(4,5)6)40-59(65)76(61)68(55)63/h13-40H,1-12H3. The number of benzene rings is 10. The van der Waals surface area contributed by atoms with E-state index in [-0.39, 0.29) is 28.4 Å². The lowest BCUT2D eigenvalue weighted by Crippen LogP contribution is -2.59. The van der Waals surface area contributed by atoms with Crippen molar-refractivity contribution in [1.29, 1.82) is 0 Å². The molecule has 76 heavy (non-hydrogen) atoms. The maximum absolute atomic E-state index is 2.74. The largest absolute Gasteiger partial charge is 0.310 e. The van der Waals surface area contributed by atoms with Crippen LogP contribution < -0.4 is 16.4 Å². The summed E-state index contributed by atoms with van der Waals surface area (Å²) >= 11 is 0. The van der Waals surface area contributed by atoms with Gasteiger partial charge in [0, 0.05) is 49.4 Å². The van der Waals surface area contributed by atoms with E-state index >= 15 is 0 Å². The van der Waals surface area contributed by atoms with Gasteiger partial charge in [-0.2, -0.15) is 0 Å². The summed E-state index contributed by atoms with van der Waals surface area (Å²) in [6.45, 7) is 28.7. The zero-order valence-electron chi connectivity index (χ0n) is 46.1. The monoisotopic (exact) mass is 982 g/mol. The molecule has 0 saturated heterocycles. The number of nitrogens with zero attached hydrogens (tertiary/aromatic N) is 3. The van der Waals surface area contributed by atoms with E-state index in [1.165, 1.54) is 148 Å². The molecule has 10 aromatic carbocycles. The Morgan fingerprint density at radius 3 is 1.29 bits per heavy atom. The van der Waals surface area contributed by atoms with Crippen LogP contribution in [0.1, 0.15) is 105 Å². The fourth-order valence-corrected chi connectivity index (χ4v) is 14.0. The summed E-state index contributed by atoms with van der Waals surface area (Å²) < 4.78 is 7.95. The number of hydrogen-bond donors (Lipinski definition) is 0. The fourth-order valence-electron chi connectivity index (χ4n) is 14.0. The van der Waals surface area contributed by atoms with Gasteiger partial charge in [-0.15, -0.1) is 0 Å². The zero-order valence-corrected chi connectivity index (χ0v) is 46.1. The van der Waals surface area contributed by atoms with E-state index in [2.05, 4.69) is 267 Å². The molecule has 15 rings (SSSR count). The van der Waals surface area contributed by atoms with Crippen LogP contribution in [0.2, 0.25) is 0 Å². The molecule has 0 saturated carbocycles. The van der Waals surface area contributed by atoms with Crippen molar-refractivity contribution in [2.45, 2.75) is 105 Å². The Morgan fingerprint density at radius 1 is 0.329 bits per heavy atom. The molecule has 0 aliphatic carbocycles. The van der Waals surface area contributed by atoms with Gasteiger partial charge >= 0.3 is 0 Å². The molecule has 0 unspecified atom stereocenters. The predicted octanol–water partition coefficient (Wildman–Crippen LogP) is 17.3. The molecule has 0 N–H and O–H groups in total. The molecule has 370 valence electrons. The highest BCUT2D eigenvalue weighted by atomic mass is 15.0. The SMILES string of the molecule is CC(C)(C)c1cc(C(C)(C)C)c2c3c4ccccc4cc4c3n(c2c1)-c1cc(-c2ccc3c5ccccc5n(-c5ccccc5)c3c2)cc2c1B4c1cc3ccccc3c3c4c(C(C)(C)C)cc(C(C)(C)C)cc4n-2c13. The van der Waals surface area contributed by atoms with Gasteiger partial charge in [0.1, 0.15) is 0 Å². The lowest BCUT2D eigenvalue weighted by Gasteiger charge is -2.35. The summed E-state index contributed by atoms with van der Waals surface area (Å²) in [6, 6.07) is 66.0. The van der Waals surface area contributed by atoms with E-state index in [0.717, 1.165) is 5.69 Å². The molecule has 0 fully saturated rings. The highest BCUT2D eigenvalue weighted by molar-refractivity contribution is 7.00. The van der Waals surface area contributed by atoms with Gasteiger partial charge in [-0.05, 0) is 142 Å². The third kappa shape index (κ3) is 6.13. The van der Waals surface area contributed by atoms with Gasteiger partial charge in [0.25, 0.3) is 6.71 Å². The molecule has 5 heterocycles. The van der Waals surface area contributed by atoms with Crippen LogP contribution in [0.15, 0.2) is 170 Å². The third-order valence-corrected chi connectivity index (χ3v) is 17.7. The number of rotatable bonds is 2. The first-order valence-corrected chi connectivity index (χ1v) is 27.6. The average molecular weight is 982 g/mol. The van der Waals surface area contributed by atoms with E-state index < -0.39 is 0 Å². The van der Waals surface area contributed by atoms with Gasteiger partial charge in [0.15, 0.2) is 0 Å². The molecular weight excluding hydrogens is 918 g/mol. The summed E-state index contributed by atoms with van der Waals surface area (Å²) in [7, 11) is 0. The molecule has 0 atom stereocenters. The van der Waals surface area contributed by atoms with Crippen molar-refractivity contribution in [3.05, 3.63) is 192 Å². The van der Waals surface area contributed by atoms with E-state index in [0.29, 0.717) is 0 Å². The van der Waals surface area contributed by atoms with Crippen LogP contribution in [0.5, 0.6) is 0 Å². The summed E-state index contributed by atoms with van der Waals surface area (Å²) in [5.41, 5.74) is 23.1. The molecule has 0 bridgehead atoms. The van der Waals surface area contributed by atoms with Gasteiger partial charge < -0.3 is 13.7 Å². The first-order valence-electron chi connectivity index (χ1n) is 27.6. The maximum Gasteiger partial charge on any atom is 0.252 e. The number of para-hydroxylation sites is 2. The lowest BCUT2D eigenvalue weighted by atomic mass is 9.34. The van der Waals surface area contributed by atoms with Crippen LogP contribution in [0.4, 0.5) is 0 Å². The molecule has 3 aromatic heterocycles. The smallest absolute Gasteiger partial charge is 0.252 e. The summed E-state index contributed by atoms with van der Waals surface area (Å²) in [6.07, 6.45) is 0. The molecule has 0 amide bonds. The summed E-state index contributed by atoms with van der Waals surface area (Å²) in [4.78, 5) is 0. The van der Waals surface area contributed by atoms with E-state index in [1.807, 2.05) is 0 Å². The Balaban J connectivity index is 1.19. The summed E-state index contributed by atoms with van der Waals surface area (Å²) in [5, 5.41) is 13.2. The Hall–Kier alpha value is -7.82. The van der Waals surface area contributed by atoms with Crippen molar-refractivity contribution in [2.75, 3.05) is 0 Å². The molecule has 4 heteroatoms. The Kier molecular flexibility index (Phi) is 8.98. The van der Waals surface area contributed by atoms with Crippen LogP contribution in [0.3, 0.4) is 0 Å². The van der Waals surface area contributed by atoms with Crippen LogP contribution in [-0.2, 0) is 21.7 Å². The van der Waals surface area contributed by atoms with Crippen molar-refractivity contribution >= 4 is 110 Å². The predicted molar refractivity (Wildman–Crippen MR) is 329 cm³/mol. The second kappa shape index (κ2) is 15.0. The molecule has 0 radical (unpaired) electrons. The second-order valence-corrected chi connectivity index (χ2v) is 26.6. The molecular formula is C72H64BN3. The normalized spacial score (nSPS) is 13.8. The number of aromatic nitrogens is 3. The Labute approximate surface area is 446 Å². The highest BCUT2D eigenvalue weighted by Crippen LogP contribution is 2.49. The van der Waals surface area contributed by atoms with Gasteiger partial charge in [-0.1, -0.05) is 204 Å². The topological polar surface area (TPSA) is 14.8 Å². The minimum absolute atomic E-state index is 0.0321. The zero-order chi connectivity index (χ0) is 52.3. The van der Waals surface area contributed by atoms with Crippen molar-refractivity contribution < 1.29 is 0 Å². The van der Waals surface area contributed by atoms with Crippen LogP contribution in [-0.4, -0.2) is 20.4 Å².